The molecule has 4 unspecified atom stereocenters. The van der Waals surface area contributed by atoms with Gasteiger partial charge in [0, 0.05) is 61.5 Å². The minimum absolute atomic E-state index is 0. The Morgan fingerprint density at radius 2 is 1.19 bits per heavy atom. The molecule has 57 heavy (non-hydrogen) atoms. The van der Waals surface area contributed by atoms with Crippen molar-refractivity contribution in [2.75, 3.05) is 13.1 Å². The summed E-state index contributed by atoms with van der Waals surface area (Å²) < 4.78 is 40.6. The van der Waals surface area contributed by atoms with Crippen LogP contribution in [0.5, 0.6) is 0 Å². The first-order valence-corrected chi connectivity index (χ1v) is 20.6. The summed E-state index contributed by atoms with van der Waals surface area (Å²) in [5.74, 6) is 1.41. The van der Waals surface area contributed by atoms with E-state index in [1.165, 1.54) is 58.0 Å². The SMILES string of the molecule is Cn1nc(CONC(=O)[C@@H]2CC[C@@H]3CN2C(=O)N3O)c2c1C1CCC2C1.Cn1nc(CONC(=O)[C@@H]2CC[C@@H]3CN2C(=O)N3OS(=O)(=O)[O-])c2c1C1CCC2C1.[Na+]. The fourth-order valence-corrected chi connectivity index (χ4v) is 11.2. The summed E-state index contributed by atoms with van der Waals surface area (Å²) in [5, 5.41) is 20.1. The van der Waals surface area contributed by atoms with E-state index in [4.69, 9.17) is 9.68 Å². The van der Waals surface area contributed by atoms with E-state index in [1.807, 2.05) is 23.5 Å². The van der Waals surface area contributed by atoms with E-state index in [0.29, 0.717) is 61.0 Å². The molecule has 6 amide bonds. The van der Waals surface area contributed by atoms with E-state index < -0.39 is 46.5 Å². The van der Waals surface area contributed by atoms with E-state index in [9.17, 15) is 37.4 Å². The van der Waals surface area contributed by atoms with Crippen LogP contribution in [0.15, 0.2) is 0 Å². The van der Waals surface area contributed by atoms with Crippen molar-refractivity contribution in [3.05, 3.63) is 33.9 Å². The molecule has 10 rings (SSSR count). The first kappa shape index (κ1) is 40.4. The molecule has 0 spiro atoms. The standard InChI is InChI=1S/C17H23N5O7S.C17H23N5O4.Na/c1-20-15-10-3-2-9(6-10)14(15)12(18-20)8-28-19-16(23)13-5-4-11-7-21(13)17(24)22(11)29-30(25,26)27;1-20-15-10-3-2-9(6-10)14(15)12(18-20)8-26-19-16(23)13-5-4-11-7-21(13)17(24)22(11)25;/h9-11,13H,2-8H2,1H3,(H,19,23)(H,25,26,27);9-11,13,25H,2-8H2,1H3,(H,19,23);/q;;+1/p-1/t2*9?,10?,11-,13+;/m11./s1. The van der Waals surface area contributed by atoms with Crippen LogP contribution in [0.4, 0.5) is 9.59 Å². The van der Waals surface area contributed by atoms with Crippen LogP contribution in [-0.2, 0) is 61.3 Å². The first-order valence-electron chi connectivity index (χ1n) is 19.3. The maximum absolute atomic E-state index is 12.6. The van der Waals surface area contributed by atoms with Gasteiger partial charge in [-0.25, -0.2) is 34.0 Å². The minimum Gasteiger partial charge on any atom is -0.724 e. The Morgan fingerprint density at radius 3 is 1.70 bits per heavy atom. The average Bonchev–Trinajstić information content (AvgIpc) is 4.05. The summed E-state index contributed by atoms with van der Waals surface area (Å²) >= 11 is 0. The zero-order valence-electron chi connectivity index (χ0n) is 32.0. The molecular weight excluding hydrogens is 779 g/mol. The summed E-state index contributed by atoms with van der Waals surface area (Å²) in [6.45, 7) is 0.839. The molecule has 6 heterocycles. The number of hydrogen-bond donors (Lipinski definition) is 3. The Labute approximate surface area is 350 Å². The number of hydrogen-bond acceptors (Lipinski definition) is 13. The number of rotatable bonds is 10. The van der Waals surface area contributed by atoms with Gasteiger partial charge in [0.15, 0.2) is 0 Å². The van der Waals surface area contributed by atoms with E-state index in [1.54, 1.807) is 0 Å². The summed E-state index contributed by atoms with van der Waals surface area (Å²) in [7, 11) is -1.18. The predicted molar refractivity (Wildman–Crippen MR) is 185 cm³/mol. The van der Waals surface area contributed by atoms with Gasteiger partial charge in [-0.2, -0.15) is 19.5 Å². The van der Waals surface area contributed by atoms with Gasteiger partial charge in [-0.1, -0.05) is 0 Å². The molecule has 23 heteroatoms. The molecule has 3 N–H and O–H groups in total. The third-order valence-electron chi connectivity index (χ3n) is 13.1. The molecule has 4 saturated heterocycles. The molecule has 2 aromatic rings. The van der Waals surface area contributed by atoms with Gasteiger partial charge in [-0.3, -0.25) is 33.8 Å². The summed E-state index contributed by atoms with van der Waals surface area (Å²) in [5.41, 5.74) is 11.7. The third kappa shape index (κ3) is 7.13. The van der Waals surface area contributed by atoms with Crippen molar-refractivity contribution in [1.29, 1.82) is 0 Å². The maximum atomic E-state index is 12.6. The van der Waals surface area contributed by atoms with Crippen molar-refractivity contribution in [1.82, 2.24) is 50.4 Å². The topological polar surface area (TPSA) is 246 Å². The van der Waals surface area contributed by atoms with Gasteiger partial charge >= 0.3 is 41.6 Å². The van der Waals surface area contributed by atoms with Gasteiger partial charge in [0.1, 0.15) is 25.3 Å². The van der Waals surface area contributed by atoms with Crippen LogP contribution >= 0.6 is 0 Å². The Kier molecular flexibility index (Phi) is 10.9. The molecule has 2 aromatic heterocycles. The van der Waals surface area contributed by atoms with Crippen molar-refractivity contribution in [3.8, 4) is 0 Å². The fraction of sp³-hybridized carbons (Fsp3) is 0.706. The largest absolute Gasteiger partial charge is 1.00 e. The van der Waals surface area contributed by atoms with Crippen LogP contribution < -0.4 is 40.5 Å². The number of piperidine rings is 2. The molecule has 4 aliphatic carbocycles. The number of hydroxylamine groups is 6. The molecule has 8 bridgehead atoms. The zero-order valence-corrected chi connectivity index (χ0v) is 34.9. The zero-order chi connectivity index (χ0) is 39.2. The van der Waals surface area contributed by atoms with Crippen LogP contribution in [0.1, 0.15) is 122 Å². The van der Waals surface area contributed by atoms with Crippen molar-refractivity contribution in [2.24, 2.45) is 14.1 Å². The van der Waals surface area contributed by atoms with Crippen LogP contribution in [-0.4, -0.2) is 119 Å². The molecule has 0 radical (unpaired) electrons. The third-order valence-corrected chi connectivity index (χ3v) is 13.4. The quantitative estimate of drug-likeness (QED) is 0.0772. The molecule has 8 aliphatic rings. The van der Waals surface area contributed by atoms with Gasteiger partial charge in [-0.05, 0) is 76.0 Å². The number of nitrogens with zero attached hydrogens (tertiary/aromatic N) is 8. The number of carbonyl (C=O) groups is 4. The molecule has 8 atom stereocenters. The minimum atomic E-state index is -5.07. The Bertz CT molecular complexity index is 2080. The van der Waals surface area contributed by atoms with Crippen molar-refractivity contribution in [3.63, 3.8) is 0 Å². The number of amides is 6. The number of aromatic nitrogens is 4. The van der Waals surface area contributed by atoms with E-state index in [0.717, 1.165) is 29.3 Å². The van der Waals surface area contributed by atoms with Gasteiger partial charge < -0.3 is 14.4 Å². The van der Waals surface area contributed by atoms with Gasteiger partial charge in [-0.15, -0.1) is 0 Å². The molecule has 21 nitrogen and oxygen atoms in total. The second kappa shape index (κ2) is 15.4. The smallest absolute Gasteiger partial charge is 0.724 e. The number of carbonyl (C=O) groups excluding carboxylic acids is 4. The van der Waals surface area contributed by atoms with E-state index >= 15 is 0 Å². The monoisotopic (exact) mass is 824 g/mol. The Morgan fingerprint density at radius 1 is 0.737 bits per heavy atom. The summed E-state index contributed by atoms with van der Waals surface area (Å²) in [4.78, 5) is 62.8. The van der Waals surface area contributed by atoms with Crippen molar-refractivity contribution in [2.45, 2.75) is 125 Å². The van der Waals surface area contributed by atoms with Crippen molar-refractivity contribution >= 4 is 34.3 Å². The molecule has 0 aromatic carbocycles. The van der Waals surface area contributed by atoms with Crippen LogP contribution in [0, 0.1) is 0 Å². The maximum Gasteiger partial charge on any atom is 1.00 e. The number of nitrogens with one attached hydrogen (secondary N) is 2. The second-order valence-corrected chi connectivity index (χ2v) is 17.1. The Balaban J connectivity index is 0.000000158. The molecule has 4 aliphatic heterocycles. The molecule has 304 valence electrons. The Hall–Kier alpha value is -3.35. The summed E-state index contributed by atoms with van der Waals surface area (Å²) in [6, 6.07) is -3.55. The van der Waals surface area contributed by atoms with Gasteiger partial charge in [0.2, 0.25) is 10.4 Å². The molecular formula is C34H45N10NaO11S. The summed E-state index contributed by atoms with van der Waals surface area (Å²) in [6.07, 6.45) is 8.90. The second-order valence-electron chi connectivity index (χ2n) is 16.2. The van der Waals surface area contributed by atoms with E-state index in [2.05, 4.69) is 25.4 Å². The van der Waals surface area contributed by atoms with Crippen molar-refractivity contribution < 1.29 is 80.9 Å². The van der Waals surface area contributed by atoms with E-state index in [-0.39, 0.29) is 61.3 Å². The molecule has 2 saturated carbocycles. The normalized spacial score (nSPS) is 30.0. The van der Waals surface area contributed by atoms with Gasteiger partial charge in [0.05, 0.1) is 23.5 Å². The molecule has 6 fully saturated rings. The fourth-order valence-electron chi connectivity index (χ4n) is 10.8. The van der Waals surface area contributed by atoms with Crippen LogP contribution in [0.2, 0.25) is 0 Å². The van der Waals surface area contributed by atoms with Crippen LogP contribution in [0.25, 0.3) is 0 Å². The first-order chi connectivity index (χ1) is 26.8. The number of urea groups is 2. The average molecular weight is 825 g/mol. The van der Waals surface area contributed by atoms with Crippen LogP contribution in [0.3, 0.4) is 0 Å². The number of fused-ring (bicyclic) bond motifs is 14. The number of aryl methyl sites for hydroxylation is 2. The van der Waals surface area contributed by atoms with Gasteiger partial charge in [0.25, 0.3) is 11.8 Å². The predicted octanol–water partition coefficient (Wildman–Crippen LogP) is -2.01.